The van der Waals surface area contributed by atoms with Crippen LogP contribution < -0.4 is 0 Å². The molecule has 20 heavy (non-hydrogen) atoms. The van der Waals surface area contributed by atoms with Crippen molar-refractivity contribution in [1.82, 2.24) is 9.88 Å². The number of aromatic nitrogens is 1. The smallest absolute Gasteiger partial charge is 0.328 e. The van der Waals surface area contributed by atoms with Crippen LogP contribution >= 0.6 is 0 Å². The molecule has 0 aromatic carbocycles. The average Bonchev–Trinajstić information content (AvgIpc) is 2.45. The second-order valence-electron chi connectivity index (χ2n) is 4.07. The topological polar surface area (TPSA) is 79.7 Å². The van der Waals surface area contributed by atoms with Crippen molar-refractivity contribution in [2.24, 2.45) is 0 Å². The van der Waals surface area contributed by atoms with E-state index in [4.69, 9.17) is 9.84 Å². The highest BCUT2D eigenvalue weighted by atomic mass is 16.5. The lowest BCUT2D eigenvalue weighted by Gasteiger charge is -2.16. The summed E-state index contributed by atoms with van der Waals surface area (Å²) in [6.07, 6.45) is 3.90. The van der Waals surface area contributed by atoms with Gasteiger partial charge in [-0.1, -0.05) is 6.07 Å². The van der Waals surface area contributed by atoms with Gasteiger partial charge in [-0.3, -0.25) is 9.78 Å². The van der Waals surface area contributed by atoms with Crippen molar-refractivity contribution < 1.29 is 19.4 Å². The van der Waals surface area contributed by atoms with E-state index in [0.29, 0.717) is 31.0 Å². The van der Waals surface area contributed by atoms with Crippen LogP contribution in [0.25, 0.3) is 6.08 Å². The predicted octanol–water partition coefficient (Wildman–Crippen LogP) is 1.29. The number of hydrogen-bond donors (Lipinski definition) is 1. The Balaban J connectivity index is 2.63. The molecule has 0 unspecified atom stereocenters. The summed E-state index contributed by atoms with van der Waals surface area (Å²) >= 11 is 0. The molecule has 6 heteroatoms. The van der Waals surface area contributed by atoms with Crippen LogP contribution in [0.15, 0.2) is 24.4 Å². The number of aliphatic carboxylic acids is 1. The number of pyridine rings is 1. The van der Waals surface area contributed by atoms with Gasteiger partial charge in [-0.15, -0.1) is 0 Å². The van der Waals surface area contributed by atoms with Gasteiger partial charge in [-0.25, -0.2) is 4.79 Å². The lowest BCUT2D eigenvalue weighted by atomic mass is 10.2. The summed E-state index contributed by atoms with van der Waals surface area (Å²) in [5, 5.41) is 8.51. The average molecular weight is 278 g/mol. The van der Waals surface area contributed by atoms with Gasteiger partial charge in [-0.05, 0) is 24.6 Å². The molecule has 0 fully saturated rings. The first-order valence-electron chi connectivity index (χ1n) is 6.25. The Morgan fingerprint density at radius 2 is 2.20 bits per heavy atom. The Kier molecular flexibility index (Phi) is 6.39. The molecule has 1 amide bonds. The maximum atomic E-state index is 12.0. The van der Waals surface area contributed by atoms with Crippen LogP contribution in [0, 0.1) is 0 Å². The highest BCUT2D eigenvalue weighted by molar-refractivity contribution is 5.92. The number of amides is 1. The quantitative estimate of drug-likeness (QED) is 0.600. The number of carbonyl (C=O) groups excluding carboxylic acids is 1. The first kappa shape index (κ1) is 15.8. The van der Waals surface area contributed by atoms with E-state index in [-0.39, 0.29) is 5.91 Å². The van der Waals surface area contributed by atoms with E-state index >= 15 is 0 Å². The number of likely N-dealkylation sites (N-methyl/N-ethyl adjacent to an activating group) is 1. The van der Waals surface area contributed by atoms with Gasteiger partial charge in [0, 0.05) is 32.5 Å². The summed E-state index contributed by atoms with van der Waals surface area (Å²) in [4.78, 5) is 28.0. The molecular formula is C14H18N2O4. The lowest BCUT2D eigenvalue weighted by Crippen LogP contribution is -2.30. The summed E-state index contributed by atoms with van der Waals surface area (Å²) in [5.41, 5.74) is 0.942. The minimum absolute atomic E-state index is 0.196. The number of rotatable bonds is 7. The Labute approximate surface area is 117 Å². The van der Waals surface area contributed by atoms with Crippen molar-refractivity contribution in [1.29, 1.82) is 0 Å². The van der Waals surface area contributed by atoms with Crippen molar-refractivity contribution in [2.75, 3.05) is 26.8 Å². The third-order valence-corrected chi connectivity index (χ3v) is 2.55. The summed E-state index contributed by atoms with van der Waals surface area (Å²) in [5.74, 6) is -1.22. The molecule has 108 valence electrons. The van der Waals surface area contributed by atoms with Crippen LogP contribution in [0.2, 0.25) is 0 Å². The fraction of sp³-hybridized carbons (Fsp3) is 0.357. The molecule has 0 aliphatic carbocycles. The second kappa shape index (κ2) is 8.06. The largest absolute Gasteiger partial charge is 0.478 e. The molecular weight excluding hydrogens is 260 g/mol. The first-order chi connectivity index (χ1) is 9.54. The van der Waals surface area contributed by atoms with Gasteiger partial charge >= 0.3 is 5.97 Å². The van der Waals surface area contributed by atoms with E-state index in [1.54, 1.807) is 19.2 Å². The summed E-state index contributed by atoms with van der Waals surface area (Å²) in [6, 6.07) is 3.22. The molecule has 1 heterocycles. The molecule has 0 aliphatic rings. The predicted molar refractivity (Wildman–Crippen MR) is 74.4 cm³/mol. The molecule has 6 nitrogen and oxygen atoms in total. The minimum Gasteiger partial charge on any atom is -0.478 e. The SMILES string of the molecule is CCOCCN(C)C(=O)c1ccc(/C=C/C(=O)O)cn1. The maximum Gasteiger partial charge on any atom is 0.328 e. The molecule has 0 saturated carbocycles. The first-order valence-corrected chi connectivity index (χ1v) is 6.25. The summed E-state index contributed by atoms with van der Waals surface area (Å²) < 4.78 is 5.18. The fourth-order valence-electron chi connectivity index (χ4n) is 1.44. The molecule has 1 N–H and O–H groups in total. The van der Waals surface area contributed by atoms with E-state index in [1.807, 2.05) is 6.92 Å². The summed E-state index contributed by atoms with van der Waals surface area (Å²) in [7, 11) is 1.68. The minimum atomic E-state index is -1.03. The van der Waals surface area contributed by atoms with Crippen molar-refractivity contribution in [2.45, 2.75) is 6.92 Å². The molecule has 1 aromatic rings. The molecule has 0 spiro atoms. The highest BCUT2D eigenvalue weighted by Gasteiger charge is 2.12. The Hall–Kier alpha value is -2.21. The van der Waals surface area contributed by atoms with Gasteiger partial charge in [0.1, 0.15) is 5.69 Å². The number of ether oxygens (including phenoxy) is 1. The van der Waals surface area contributed by atoms with Crippen molar-refractivity contribution in [3.8, 4) is 0 Å². The van der Waals surface area contributed by atoms with E-state index in [2.05, 4.69) is 4.98 Å². The van der Waals surface area contributed by atoms with Crippen molar-refractivity contribution in [3.05, 3.63) is 35.7 Å². The maximum absolute atomic E-state index is 12.0. The number of hydrogen-bond acceptors (Lipinski definition) is 4. The van der Waals surface area contributed by atoms with Gasteiger partial charge in [-0.2, -0.15) is 0 Å². The van der Waals surface area contributed by atoms with Crippen LogP contribution in [0.1, 0.15) is 23.0 Å². The van der Waals surface area contributed by atoms with Gasteiger partial charge in [0.25, 0.3) is 5.91 Å². The normalized spacial score (nSPS) is 10.7. The zero-order valence-electron chi connectivity index (χ0n) is 11.6. The van der Waals surface area contributed by atoms with Gasteiger partial charge in [0.05, 0.1) is 6.61 Å². The van der Waals surface area contributed by atoms with Crippen LogP contribution in [0.5, 0.6) is 0 Å². The van der Waals surface area contributed by atoms with Gasteiger partial charge < -0.3 is 14.7 Å². The molecule has 0 bridgehead atoms. The highest BCUT2D eigenvalue weighted by Crippen LogP contribution is 2.05. The van der Waals surface area contributed by atoms with E-state index in [0.717, 1.165) is 6.08 Å². The third-order valence-electron chi connectivity index (χ3n) is 2.55. The number of carboxylic acid groups (broad SMARTS) is 1. The van der Waals surface area contributed by atoms with E-state index < -0.39 is 5.97 Å². The van der Waals surface area contributed by atoms with E-state index in [9.17, 15) is 9.59 Å². The number of carboxylic acids is 1. The van der Waals surface area contributed by atoms with Crippen LogP contribution in [0.4, 0.5) is 0 Å². The lowest BCUT2D eigenvalue weighted by molar-refractivity contribution is -0.131. The number of carbonyl (C=O) groups is 2. The Bertz CT molecular complexity index is 482. The zero-order chi connectivity index (χ0) is 15.0. The Morgan fingerprint density at radius 1 is 1.45 bits per heavy atom. The van der Waals surface area contributed by atoms with Gasteiger partial charge in [0.15, 0.2) is 0 Å². The van der Waals surface area contributed by atoms with Crippen LogP contribution in [-0.4, -0.2) is 53.7 Å². The Morgan fingerprint density at radius 3 is 2.75 bits per heavy atom. The molecule has 0 radical (unpaired) electrons. The molecule has 1 aromatic heterocycles. The molecule has 0 saturated heterocycles. The second-order valence-corrected chi connectivity index (χ2v) is 4.07. The molecule has 0 atom stereocenters. The zero-order valence-corrected chi connectivity index (χ0v) is 11.6. The van der Waals surface area contributed by atoms with Crippen LogP contribution in [-0.2, 0) is 9.53 Å². The molecule has 1 rings (SSSR count). The monoisotopic (exact) mass is 278 g/mol. The van der Waals surface area contributed by atoms with Crippen molar-refractivity contribution in [3.63, 3.8) is 0 Å². The summed E-state index contributed by atoms with van der Waals surface area (Å²) in [6.45, 7) is 3.49. The number of nitrogens with zero attached hydrogens (tertiary/aromatic N) is 2. The molecule has 0 aliphatic heterocycles. The van der Waals surface area contributed by atoms with Crippen molar-refractivity contribution >= 4 is 18.0 Å². The van der Waals surface area contributed by atoms with Gasteiger partial charge in [0.2, 0.25) is 0 Å². The third kappa shape index (κ3) is 5.19. The standard InChI is InChI=1S/C14H18N2O4/c1-3-20-9-8-16(2)14(19)12-6-4-11(10-15-12)5-7-13(17)18/h4-7,10H,3,8-9H2,1-2H3,(H,17,18)/b7-5+. The fourth-order valence-corrected chi connectivity index (χ4v) is 1.44. The van der Waals surface area contributed by atoms with E-state index in [1.165, 1.54) is 17.2 Å². The van der Waals surface area contributed by atoms with Crippen LogP contribution in [0.3, 0.4) is 0 Å².